The van der Waals surface area contributed by atoms with Crippen LogP contribution in [0, 0.1) is 0 Å². The van der Waals surface area contributed by atoms with Crippen molar-refractivity contribution in [3.05, 3.63) is 29.8 Å². The Hall–Kier alpha value is -2.90. The van der Waals surface area contributed by atoms with Gasteiger partial charge in [-0.05, 0) is 51.0 Å². The number of imide groups is 1. The molecular weight excluding hydrogens is 350 g/mol. The second-order valence-electron chi connectivity index (χ2n) is 6.69. The molecule has 1 aromatic carbocycles. The molecule has 0 unspecified atom stereocenters. The van der Waals surface area contributed by atoms with Gasteiger partial charge in [-0.15, -0.1) is 0 Å². The van der Waals surface area contributed by atoms with Crippen LogP contribution in [-0.2, 0) is 14.3 Å². The third-order valence-electron chi connectivity index (χ3n) is 4.50. The number of anilines is 1. The maximum Gasteiger partial charge on any atom is 0.338 e. The molecule has 0 saturated carbocycles. The van der Waals surface area contributed by atoms with Crippen LogP contribution in [0.2, 0.25) is 0 Å². The molecule has 0 spiro atoms. The van der Waals surface area contributed by atoms with Gasteiger partial charge in [0.1, 0.15) is 12.1 Å². The van der Waals surface area contributed by atoms with E-state index in [1.165, 1.54) is 12.1 Å². The van der Waals surface area contributed by atoms with E-state index in [0.717, 1.165) is 4.90 Å². The van der Waals surface area contributed by atoms with Crippen LogP contribution in [-0.4, -0.2) is 46.9 Å². The van der Waals surface area contributed by atoms with Crippen LogP contribution >= 0.6 is 0 Å². The summed E-state index contributed by atoms with van der Waals surface area (Å²) in [6.45, 7) is 6.78. The minimum Gasteiger partial charge on any atom is -0.459 e. The van der Waals surface area contributed by atoms with Crippen LogP contribution in [0.4, 0.5) is 10.5 Å². The molecule has 1 fully saturated rings. The summed E-state index contributed by atoms with van der Waals surface area (Å²) < 4.78 is 5.10. The van der Waals surface area contributed by atoms with Gasteiger partial charge in [-0.25, -0.2) is 9.59 Å². The number of esters is 1. The van der Waals surface area contributed by atoms with Gasteiger partial charge in [0, 0.05) is 5.69 Å². The minimum absolute atomic E-state index is 0.223. The Kier molecular flexibility index (Phi) is 6.20. The number of nitrogens with one attached hydrogen (secondary N) is 2. The molecule has 8 nitrogen and oxygen atoms in total. The molecule has 0 atom stereocenters. The Morgan fingerprint density at radius 1 is 1.15 bits per heavy atom. The lowest BCUT2D eigenvalue weighted by Crippen LogP contribution is -2.46. The predicted molar refractivity (Wildman–Crippen MR) is 99.2 cm³/mol. The zero-order valence-corrected chi connectivity index (χ0v) is 16.0. The van der Waals surface area contributed by atoms with Crippen LogP contribution in [0.3, 0.4) is 0 Å². The maximum absolute atomic E-state index is 12.5. The van der Waals surface area contributed by atoms with Gasteiger partial charge in [0.15, 0.2) is 0 Å². The summed E-state index contributed by atoms with van der Waals surface area (Å²) in [5.41, 5.74) is -0.118. The highest BCUT2D eigenvalue weighted by Crippen LogP contribution is 2.24. The first kappa shape index (κ1) is 20.4. The number of nitrogens with zero attached hydrogens (tertiary/aromatic N) is 1. The lowest BCUT2D eigenvalue weighted by molar-refractivity contribution is -0.134. The van der Waals surface area contributed by atoms with Crippen LogP contribution < -0.4 is 10.6 Å². The number of hydrogen-bond donors (Lipinski definition) is 2. The van der Waals surface area contributed by atoms with Gasteiger partial charge in [0.05, 0.1) is 11.7 Å². The number of carbonyl (C=O) groups excluding carboxylic acids is 4. The molecule has 1 aliphatic heterocycles. The molecular formula is C19H25N3O5. The van der Waals surface area contributed by atoms with Crippen molar-refractivity contribution in [2.24, 2.45) is 0 Å². The fraction of sp³-hybridized carbons (Fsp3) is 0.474. The van der Waals surface area contributed by atoms with Gasteiger partial charge in [0.25, 0.3) is 5.91 Å². The van der Waals surface area contributed by atoms with Crippen molar-refractivity contribution < 1.29 is 23.9 Å². The van der Waals surface area contributed by atoms with E-state index in [1.807, 2.05) is 13.8 Å². The van der Waals surface area contributed by atoms with E-state index in [1.54, 1.807) is 26.0 Å². The van der Waals surface area contributed by atoms with Crippen molar-refractivity contribution in [2.45, 2.75) is 52.2 Å². The number of urea groups is 1. The molecule has 27 heavy (non-hydrogen) atoms. The first-order chi connectivity index (χ1) is 12.7. The van der Waals surface area contributed by atoms with Gasteiger partial charge < -0.3 is 15.4 Å². The van der Waals surface area contributed by atoms with Crippen molar-refractivity contribution >= 4 is 29.5 Å². The number of benzene rings is 1. The average Bonchev–Trinajstić information content (AvgIpc) is 2.86. The molecule has 4 amide bonds. The van der Waals surface area contributed by atoms with Crippen LogP contribution in [0.15, 0.2) is 24.3 Å². The summed E-state index contributed by atoms with van der Waals surface area (Å²) in [4.78, 5) is 49.6. The van der Waals surface area contributed by atoms with Crippen molar-refractivity contribution in [3.63, 3.8) is 0 Å². The minimum atomic E-state index is -0.935. The Morgan fingerprint density at radius 2 is 1.74 bits per heavy atom. The zero-order chi connectivity index (χ0) is 20.2. The Morgan fingerprint density at radius 3 is 2.22 bits per heavy atom. The lowest BCUT2D eigenvalue weighted by Gasteiger charge is -2.23. The highest BCUT2D eigenvalue weighted by Gasteiger charge is 2.49. The summed E-state index contributed by atoms with van der Waals surface area (Å²) in [7, 11) is 0. The first-order valence-corrected chi connectivity index (χ1v) is 8.97. The molecule has 1 saturated heterocycles. The molecule has 8 heteroatoms. The van der Waals surface area contributed by atoms with Gasteiger partial charge in [0.2, 0.25) is 5.91 Å². The molecule has 0 bridgehead atoms. The monoisotopic (exact) mass is 375 g/mol. The van der Waals surface area contributed by atoms with E-state index in [2.05, 4.69) is 10.6 Å². The molecule has 146 valence electrons. The van der Waals surface area contributed by atoms with E-state index in [-0.39, 0.29) is 18.6 Å². The van der Waals surface area contributed by atoms with Crippen LogP contribution in [0.1, 0.15) is 50.9 Å². The smallest absolute Gasteiger partial charge is 0.338 e. The maximum atomic E-state index is 12.5. The van der Waals surface area contributed by atoms with E-state index in [4.69, 9.17) is 4.74 Å². The lowest BCUT2D eigenvalue weighted by atomic mass is 9.93. The number of amides is 4. The van der Waals surface area contributed by atoms with Crippen LogP contribution in [0.5, 0.6) is 0 Å². The molecule has 1 aliphatic rings. The van der Waals surface area contributed by atoms with Gasteiger partial charge >= 0.3 is 12.0 Å². The number of hydrogen-bond acceptors (Lipinski definition) is 5. The van der Waals surface area contributed by atoms with E-state index in [9.17, 15) is 19.2 Å². The summed E-state index contributed by atoms with van der Waals surface area (Å²) in [6.07, 6.45) is 0.694. The zero-order valence-electron chi connectivity index (χ0n) is 16.0. The first-order valence-electron chi connectivity index (χ1n) is 8.97. The van der Waals surface area contributed by atoms with Crippen molar-refractivity contribution in [2.75, 3.05) is 11.9 Å². The largest absolute Gasteiger partial charge is 0.459 e. The standard InChI is InChI=1S/C19H25N3O5/c1-5-19(6-2)17(25)22(18(26)21-19)11-15(23)20-14-9-7-13(8-10-14)16(24)27-12(3)4/h7-10,12H,5-6,11H2,1-4H3,(H,20,23)(H,21,26). The Bertz CT molecular complexity index is 738. The molecule has 2 rings (SSSR count). The Labute approximate surface area is 158 Å². The van der Waals surface area contributed by atoms with E-state index >= 15 is 0 Å². The fourth-order valence-corrected chi connectivity index (χ4v) is 2.86. The normalized spacial score (nSPS) is 15.7. The quantitative estimate of drug-likeness (QED) is 0.562. The summed E-state index contributed by atoms with van der Waals surface area (Å²) in [5.74, 6) is -1.34. The topological polar surface area (TPSA) is 105 Å². The number of ether oxygens (including phenoxy) is 1. The number of carbonyl (C=O) groups is 4. The van der Waals surface area contributed by atoms with Gasteiger partial charge in [-0.2, -0.15) is 0 Å². The third-order valence-corrected chi connectivity index (χ3v) is 4.50. The molecule has 0 aromatic heterocycles. The second-order valence-corrected chi connectivity index (χ2v) is 6.69. The highest BCUT2D eigenvalue weighted by molar-refractivity contribution is 6.10. The Balaban J connectivity index is 1.99. The van der Waals surface area contributed by atoms with E-state index in [0.29, 0.717) is 24.1 Å². The summed E-state index contributed by atoms with van der Waals surface area (Å²) in [5, 5.41) is 5.29. The van der Waals surface area contributed by atoms with Crippen molar-refractivity contribution in [1.29, 1.82) is 0 Å². The molecule has 1 heterocycles. The molecule has 2 N–H and O–H groups in total. The summed E-state index contributed by atoms with van der Waals surface area (Å²) in [6, 6.07) is 5.62. The number of rotatable bonds is 7. The highest BCUT2D eigenvalue weighted by atomic mass is 16.5. The second kappa shape index (κ2) is 8.20. The van der Waals surface area contributed by atoms with Crippen LogP contribution in [0.25, 0.3) is 0 Å². The molecule has 1 aromatic rings. The van der Waals surface area contributed by atoms with Gasteiger partial charge in [-0.1, -0.05) is 13.8 Å². The third kappa shape index (κ3) is 4.45. The van der Waals surface area contributed by atoms with Crippen molar-refractivity contribution in [1.82, 2.24) is 10.2 Å². The molecule has 0 radical (unpaired) electrons. The SMILES string of the molecule is CCC1(CC)NC(=O)N(CC(=O)Nc2ccc(C(=O)OC(C)C)cc2)C1=O. The van der Waals surface area contributed by atoms with Gasteiger partial charge in [-0.3, -0.25) is 14.5 Å². The molecule has 0 aliphatic carbocycles. The average molecular weight is 375 g/mol. The summed E-state index contributed by atoms with van der Waals surface area (Å²) >= 11 is 0. The van der Waals surface area contributed by atoms with Crippen molar-refractivity contribution in [3.8, 4) is 0 Å². The fourth-order valence-electron chi connectivity index (χ4n) is 2.86. The van der Waals surface area contributed by atoms with E-state index < -0.39 is 23.4 Å². The predicted octanol–water partition coefficient (Wildman–Crippen LogP) is 2.30.